The summed E-state index contributed by atoms with van der Waals surface area (Å²) in [4.78, 5) is 12.3. The highest BCUT2D eigenvalue weighted by Gasteiger charge is 2.13. The van der Waals surface area contributed by atoms with Crippen LogP contribution in [0.5, 0.6) is 11.8 Å². The molecule has 2 aromatic carbocycles. The van der Waals surface area contributed by atoms with Gasteiger partial charge < -0.3 is 15.5 Å². The zero-order chi connectivity index (χ0) is 20.5. The van der Waals surface area contributed by atoms with Gasteiger partial charge in [0.05, 0.1) is 15.9 Å². The topological polar surface area (TPSA) is 116 Å². The Kier molecular flexibility index (Phi) is 4.81. The first-order valence-electron chi connectivity index (χ1n) is 8.83. The molecule has 0 saturated heterocycles. The van der Waals surface area contributed by atoms with Gasteiger partial charge in [-0.3, -0.25) is 0 Å². The molecular formula is C20H18N6O2S. The predicted octanol–water partition coefficient (Wildman–Crippen LogP) is 5.24. The Balaban J connectivity index is 1.60. The smallest absolute Gasteiger partial charge is 0.248 e. The monoisotopic (exact) mass is 406 g/mol. The molecule has 0 fully saturated rings. The molecule has 0 radical (unpaired) electrons. The SMILES string of the molecule is CNc1nc(O)c(/N=N/c2ccc(-c3nc4ccc(C)c(C)c4s3)cc2)c(O)n1. The van der Waals surface area contributed by atoms with Gasteiger partial charge in [0, 0.05) is 12.6 Å². The quantitative estimate of drug-likeness (QED) is 0.399. The van der Waals surface area contributed by atoms with Gasteiger partial charge in [0.1, 0.15) is 5.01 Å². The lowest BCUT2D eigenvalue weighted by molar-refractivity contribution is 0.425. The Bertz CT molecular complexity index is 1210. The zero-order valence-corrected chi connectivity index (χ0v) is 16.8. The average Bonchev–Trinajstić information content (AvgIpc) is 3.15. The molecule has 0 spiro atoms. The van der Waals surface area contributed by atoms with E-state index in [4.69, 9.17) is 4.98 Å². The minimum atomic E-state index is -0.456. The fraction of sp³-hybridized carbons (Fsp3) is 0.150. The van der Waals surface area contributed by atoms with E-state index in [1.54, 1.807) is 30.5 Å². The molecule has 2 heterocycles. The molecule has 4 rings (SSSR count). The molecule has 4 aromatic rings. The van der Waals surface area contributed by atoms with Crippen molar-refractivity contribution < 1.29 is 10.2 Å². The number of fused-ring (bicyclic) bond motifs is 1. The summed E-state index contributed by atoms with van der Waals surface area (Å²) >= 11 is 1.66. The van der Waals surface area contributed by atoms with E-state index in [-0.39, 0.29) is 11.6 Å². The van der Waals surface area contributed by atoms with E-state index in [9.17, 15) is 10.2 Å². The Morgan fingerprint density at radius 1 is 0.897 bits per heavy atom. The van der Waals surface area contributed by atoms with E-state index in [1.165, 1.54) is 15.8 Å². The predicted molar refractivity (Wildman–Crippen MR) is 114 cm³/mol. The maximum Gasteiger partial charge on any atom is 0.248 e. The van der Waals surface area contributed by atoms with Gasteiger partial charge in [0.2, 0.25) is 23.4 Å². The zero-order valence-electron chi connectivity index (χ0n) is 16.0. The van der Waals surface area contributed by atoms with Gasteiger partial charge in [-0.25, -0.2) is 4.98 Å². The van der Waals surface area contributed by atoms with Crippen LogP contribution < -0.4 is 5.32 Å². The first kappa shape index (κ1) is 18.8. The number of hydrogen-bond acceptors (Lipinski definition) is 9. The van der Waals surface area contributed by atoms with Crippen LogP contribution in [0, 0.1) is 13.8 Å². The number of nitrogens with one attached hydrogen (secondary N) is 1. The second kappa shape index (κ2) is 7.44. The van der Waals surface area contributed by atoms with Crippen molar-refractivity contribution in [3.63, 3.8) is 0 Å². The molecule has 0 unspecified atom stereocenters. The number of aromatic hydroxyl groups is 2. The van der Waals surface area contributed by atoms with Crippen LogP contribution in [-0.4, -0.2) is 32.2 Å². The van der Waals surface area contributed by atoms with E-state index in [2.05, 4.69) is 45.4 Å². The summed E-state index contributed by atoms with van der Waals surface area (Å²) in [5.41, 5.74) is 4.84. The molecule has 0 amide bonds. The fourth-order valence-electron chi connectivity index (χ4n) is 2.76. The van der Waals surface area contributed by atoms with Crippen molar-refractivity contribution in [3.8, 4) is 22.3 Å². The van der Waals surface area contributed by atoms with Gasteiger partial charge in [-0.1, -0.05) is 6.07 Å². The third kappa shape index (κ3) is 3.59. The Hall–Kier alpha value is -3.59. The van der Waals surface area contributed by atoms with E-state index in [0.717, 1.165) is 16.1 Å². The third-order valence-electron chi connectivity index (χ3n) is 4.53. The summed E-state index contributed by atoms with van der Waals surface area (Å²) in [5.74, 6) is -0.825. The number of nitrogens with zero attached hydrogens (tertiary/aromatic N) is 5. The number of benzene rings is 2. The highest BCUT2D eigenvalue weighted by atomic mass is 32.1. The van der Waals surface area contributed by atoms with Crippen molar-refractivity contribution in [2.45, 2.75) is 13.8 Å². The number of thiazole rings is 1. The van der Waals surface area contributed by atoms with Crippen LogP contribution in [0.1, 0.15) is 11.1 Å². The van der Waals surface area contributed by atoms with Crippen LogP contribution in [0.3, 0.4) is 0 Å². The molecule has 29 heavy (non-hydrogen) atoms. The molecule has 9 heteroatoms. The molecule has 0 saturated carbocycles. The summed E-state index contributed by atoms with van der Waals surface area (Å²) in [7, 11) is 1.57. The van der Waals surface area contributed by atoms with Gasteiger partial charge >= 0.3 is 0 Å². The summed E-state index contributed by atoms with van der Waals surface area (Å²) in [5, 5.41) is 31.2. The molecule has 0 aliphatic carbocycles. The lowest BCUT2D eigenvalue weighted by Crippen LogP contribution is -1.95. The molecule has 3 N–H and O–H groups in total. The van der Waals surface area contributed by atoms with Crippen LogP contribution >= 0.6 is 11.3 Å². The summed E-state index contributed by atoms with van der Waals surface area (Å²) in [6, 6.07) is 11.5. The van der Waals surface area contributed by atoms with Crippen molar-refractivity contribution in [1.29, 1.82) is 0 Å². The fourth-order valence-corrected chi connectivity index (χ4v) is 3.88. The van der Waals surface area contributed by atoms with Crippen molar-refractivity contribution in [1.82, 2.24) is 15.0 Å². The largest absolute Gasteiger partial charge is 0.491 e. The lowest BCUT2D eigenvalue weighted by atomic mass is 10.1. The van der Waals surface area contributed by atoms with Gasteiger partial charge in [-0.2, -0.15) is 15.1 Å². The summed E-state index contributed by atoms with van der Waals surface area (Å²) in [6.45, 7) is 4.21. The summed E-state index contributed by atoms with van der Waals surface area (Å²) < 4.78 is 1.19. The van der Waals surface area contributed by atoms with Gasteiger partial charge in [-0.15, -0.1) is 16.5 Å². The molecule has 0 atom stereocenters. The maximum absolute atomic E-state index is 9.87. The number of aromatic nitrogens is 3. The second-order valence-corrected chi connectivity index (χ2v) is 7.41. The van der Waals surface area contributed by atoms with Gasteiger partial charge in [-0.05, 0) is 55.3 Å². The molecule has 2 aromatic heterocycles. The third-order valence-corrected chi connectivity index (χ3v) is 5.77. The van der Waals surface area contributed by atoms with E-state index < -0.39 is 11.8 Å². The van der Waals surface area contributed by atoms with Crippen molar-refractivity contribution in [2.24, 2.45) is 10.2 Å². The van der Waals surface area contributed by atoms with Crippen LogP contribution in [0.15, 0.2) is 46.6 Å². The number of azo groups is 1. The van der Waals surface area contributed by atoms with Crippen LogP contribution in [0.25, 0.3) is 20.8 Å². The van der Waals surface area contributed by atoms with Crippen LogP contribution in [0.4, 0.5) is 17.3 Å². The highest BCUT2D eigenvalue weighted by Crippen LogP contribution is 2.36. The van der Waals surface area contributed by atoms with Gasteiger partial charge in [0.25, 0.3) is 0 Å². The van der Waals surface area contributed by atoms with Crippen molar-refractivity contribution in [3.05, 3.63) is 47.5 Å². The van der Waals surface area contributed by atoms with Crippen LogP contribution in [-0.2, 0) is 0 Å². The second-order valence-electron chi connectivity index (χ2n) is 6.41. The van der Waals surface area contributed by atoms with E-state index >= 15 is 0 Å². The van der Waals surface area contributed by atoms with E-state index in [0.29, 0.717) is 5.69 Å². The minimum Gasteiger partial charge on any atom is -0.491 e. The first-order valence-corrected chi connectivity index (χ1v) is 9.64. The average molecular weight is 406 g/mol. The van der Waals surface area contributed by atoms with Crippen LogP contribution in [0.2, 0.25) is 0 Å². The highest BCUT2D eigenvalue weighted by molar-refractivity contribution is 7.21. The minimum absolute atomic E-state index is 0.0876. The molecular weight excluding hydrogens is 388 g/mol. The van der Waals surface area contributed by atoms with E-state index in [1.807, 2.05) is 18.2 Å². The van der Waals surface area contributed by atoms with Gasteiger partial charge in [0.15, 0.2) is 0 Å². The molecule has 0 bridgehead atoms. The Morgan fingerprint density at radius 3 is 2.24 bits per heavy atom. The van der Waals surface area contributed by atoms with Crippen molar-refractivity contribution >= 4 is 38.9 Å². The Labute approximate surface area is 170 Å². The lowest BCUT2D eigenvalue weighted by Gasteiger charge is -2.03. The number of aryl methyl sites for hydroxylation is 2. The maximum atomic E-state index is 9.87. The standard InChI is InChI=1S/C20H18N6O2S/c1-10-4-9-14-16(11(10)2)29-19(22-14)12-5-7-13(8-6-12)25-26-15-17(27)23-20(21-3)24-18(15)28/h4-9H,1-3H3,(H3,21,23,24,27,28)/b26-25+. The first-order chi connectivity index (χ1) is 14.0. The number of hydrogen-bond donors (Lipinski definition) is 3. The molecule has 146 valence electrons. The number of anilines is 1. The molecule has 0 aliphatic heterocycles. The Morgan fingerprint density at radius 2 is 1.59 bits per heavy atom. The summed E-state index contributed by atoms with van der Waals surface area (Å²) in [6.07, 6.45) is 0. The number of rotatable bonds is 4. The normalized spacial score (nSPS) is 11.4. The molecule has 0 aliphatic rings. The van der Waals surface area contributed by atoms with Crippen molar-refractivity contribution in [2.75, 3.05) is 12.4 Å². The molecule has 8 nitrogen and oxygen atoms in total.